The van der Waals surface area contributed by atoms with Gasteiger partial charge in [-0.3, -0.25) is 0 Å². The number of rotatable bonds is 6. The normalized spacial score (nSPS) is 14.2. The summed E-state index contributed by atoms with van der Waals surface area (Å²) in [5.41, 5.74) is 3.79. The van der Waals surface area contributed by atoms with Crippen LogP contribution in [-0.2, 0) is 11.3 Å². The van der Waals surface area contributed by atoms with Crippen molar-refractivity contribution >= 4 is 29.0 Å². The molecule has 1 amide bonds. The monoisotopic (exact) mass is 543 g/mol. The molecule has 1 saturated heterocycles. The molecule has 2 aromatic heterocycles. The number of hydrogen-bond donors (Lipinski definition) is 2. The Kier molecular flexibility index (Phi) is 7.51. The Labute approximate surface area is 234 Å². The highest BCUT2D eigenvalue weighted by molar-refractivity contribution is 5.84. The number of para-hydroxylation sites is 1. The molecule has 2 aromatic carbocycles. The van der Waals surface area contributed by atoms with Gasteiger partial charge in [0.1, 0.15) is 11.4 Å². The van der Waals surface area contributed by atoms with Crippen molar-refractivity contribution in [2.75, 3.05) is 36.4 Å². The zero-order chi connectivity index (χ0) is 28.4. The van der Waals surface area contributed by atoms with Gasteiger partial charge in [0, 0.05) is 44.3 Å². The van der Waals surface area contributed by atoms with Gasteiger partial charge in [-0.15, -0.1) is 0 Å². The average Bonchev–Trinajstić information content (AvgIpc) is 3.36. The molecule has 0 spiro atoms. The van der Waals surface area contributed by atoms with Crippen molar-refractivity contribution in [3.05, 3.63) is 60.4 Å². The Bertz CT molecular complexity index is 1480. The standard InChI is InChI=1S/C30H37N7O3/c1-20(2)37-19-32-25-26(31-18-21-10-12-22(13-11-21)23-8-6-7-9-24(23)38)33-28(34-27(25)37)35-14-16-36(17-15-35)29(39)40-30(3,4)5/h6-13,19-20,38H,14-18H2,1-5H3,(H,31,33,34). The molecule has 2 N–H and O–H groups in total. The van der Waals surface area contributed by atoms with Crippen molar-refractivity contribution in [1.82, 2.24) is 24.4 Å². The highest BCUT2D eigenvalue weighted by atomic mass is 16.6. The number of amides is 1. The maximum atomic E-state index is 12.5. The molecule has 10 heteroatoms. The molecule has 0 aliphatic carbocycles. The Morgan fingerprint density at radius 1 is 1.02 bits per heavy atom. The van der Waals surface area contributed by atoms with Crippen molar-refractivity contribution in [1.29, 1.82) is 0 Å². The van der Waals surface area contributed by atoms with Crippen LogP contribution in [0.5, 0.6) is 5.75 Å². The van der Waals surface area contributed by atoms with E-state index in [9.17, 15) is 9.90 Å². The van der Waals surface area contributed by atoms with Gasteiger partial charge in [0.15, 0.2) is 17.0 Å². The number of phenolic OH excluding ortho intramolecular Hbond substituents is 1. The summed E-state index contributed by atoms with van der Waals surface area (Å²) in [6.07, 6.45) is 1.51. The van der Waals surface area contributed by atoms with Crippen molar-refractivity contribution in [3.63, 3.8) is 0 Å². The second kappa shape index (κ2) is 11.0. The summed E-state index contributed by atoms with van der Waals surface area (Å²) in [5.74, 6) is 1.53. The predicted octanol–water partition coefficient (Wildman–Crippen LogP) is 5.45. The second-order valence-electron chi connectivity index (χ2n) is 11.3. The minimum absolute atomic E-state index is 0.187. The number of aromatic nitrogens is 4. The zero-order valence-electron chi connectivity index (χ0n) is 23.8. The number of benzene rings is 2. The molecule has 5 rings (SSSR count). The van der Waals surface area contributed by atoms with Crippen molar-refractivity contribution in [3.8, 4) is 16.9 Å². The minimum atomic E-state index is -0.526. The fourth-order valence-corrected chi connectivity index (χ4v) is 4.67. The van der Waals surface area contributed by atoms with Crippen LogP contribution in [0, 0.1) is 0 Å². The number of nitrogens with one attached hydrogen (secondary N) is 1. The van der Waals surface area contributed by atoms with Gasteiger partial charge >= 0.3 is 6.09 Å². The lowest BCUT2D eigenvalue weighted by molar-refractivity contribution is 0.0240. The number of phenols is 1. The third kappa shape index (κ3) is 5.95. The number of hydrogen-bond acceptors (Lipinski definition) is 8. The number of aromatic hydroxyl groups is 1. The molecule has 0 atom stereocenters. The van der Waals surface area contributed by atoms with E-state index in [1.807, 2.05) is 67.8 Å². The summed E-state index contributed by atoms with van der Waals surface area (Å²) >= 11 is 0. The van der Waals surface area contributed by atoms with Gasteiger partial charge in [0.25, 0.3) is 0 Å². The topological polar surface area (TPSA) is 109 Å². The molecule has 0 radical (unpaired) electrons. The Morgan fingerprint density at radius 3 is 2.38 bits per heavy atom. The number of piperazine rings is 1. The fraction of sp³-hybridized carbons (Fsp3) is 0.400. The van der Waals surface area contributed by atoms with E-state index in [2.05, 4.69) is 29.0 Å². The van der Waals surface area contributed by atoms with Crippen LogP contribution in [0.25, 0.3) is 22.3 Å². The molecule has 1 aliphatic heterocycles. The third-order valence-electron chi connectivity index (χ3n) is 6.81. The lowest BCUT2D eigenvalue weighted by Crippen LogP contribution is -2.50. The molecular formula is C30H37N7O3. The molecule has 1 fully saturated rings. The number of imidazole rings is 1. The van der Waals surface area contributed by atoms with Gasteiger partial charge in [0.2, 0.25) is 5.95 Å². The maximum absolute atomic E-state index is 12.5. The number of anilines is 2. The molecule has 0 bridgehead atoms. The summed E-state index contributed by atoms with van der Waals surface area (Å²) in [5, 5.41) is 13.7. The molecule has 40 heavy (non-hydrogen) atoms. The molecule has 210 valence electrons. The number of fused-ring (bicyclic) bond motifs is 1. The van der Waals surface area contributed by atoms with Gasteiger partial charge in [0.05, 0.1) is 6.33 Å². The molecule has 10 nitrogen and oxygen atoms in total. The van der Waals surface area contributed by atoms with E-state index in [-0.39, 0.29) is 17.9 Å². The van der Waals surface area contributed by atoms with E-state index in [4.69, 9.17) is 14.7 Å². The first-order chi connectivity index (χ1) is 19.1. The fourth-order valence-electron chi connectivity index (χ4n) is 4.67. The molecule has 3 heterocycles. The average molecular weight is 544 g/mol. The van der Waals surface area contributed by atoms with E-state index in [0.29, 0.717) is 44.5 Å². The zero-order valence-corrected chi connectivity index (χ0v) is 23.8. The van der Waals surface area contributed by atoms with Gasteiger partial charge in [-0.05, 0) is 51.8 Å². The van der Waals surface area contributed by atoms with Crippen LogP contribution in [-0.4, -0.2) is 67.4 Å². The second-order valence-corrected chi connectivity index (χ2v) is 11.3. The first-order valence-corrected chi connectivity index (χ1v) is 13.7. The van der Waals surface area contributed by atoms with E-state index in [0.717, 1.165) is 27.9 Å². The molecule has 1 aliphatic rings. The van der Waals surface area contributed by atoms with Crippen LogP contribution in [0.3, 0.4) is 0 Å². The third-order valence-corrected chi connectivity index (χ3v) is 6.81. The Hall–Kier alpha value is -4.34. The van der Waals surface area contributed by atoms with Crippen LogP contribution in [0.2, 0.25) is 0 Å². The van der Waals surface area contributed by atoms with E-state index in [1.54, 1.807) is 17.3 Å². The van der Waals surface area contributed by atoms with Crippen molar-refractivity contribution < 1.29 is 14.6 Å². The number of carbonyl (C=O) groups is 1. The summed E-state index contributed by atoms with van der Waals surface area (Å²) in [6.45, 7) is 12.6. The van der Waals surface area contributed by atoms with Gasteiger partial charge < -0.3 is 29.5 Å². The van der Waals surface area contributed by atoms with Gasteiger partial charge in [-0.2, -0.15) is 9.97 Å². The highest BCUT2D eigenvalue weighted by Crippen LogP contribution is 2.29. The van der Waals surface area contributed by atoms with E-state index >= 15 is 0 Å². The quantitative estimate of drug-likeness (QED) is 0.331. The molecule has 0 saturated carbocycles. The van der Waals surface area contributed by atoms with Crippen LogP contribution < -0.4 is 10.2 Å². The predicted molar refractivity (Wildman–Crippen MR) is 157 cm³/mol. The van der Waals surface area contributed by atoms with E-state index < -0.39 is 5.60 Å². The van der Waals surface area contributed by atoms with Gasteiger partial charge in [-0.1, -0.05) is 42.5 Å². The minimum Gasteiger partial charge on any atom is -0.507 e. The summed E-state index contributed by atoms with van der Waals surface area (Å²) < 4.78 is 7.59. The van der Waals surface area contributed by atoms with Crippen LogP contribution in [0.4, 0.5) is 16.6 Å². The van der Waals surface area contributed by atoms with Crippen LogP contribution >= 0.6 is 0 Å². The largest absolute Gasteiger partial charge is 0.507 e. The molecule has 0 unspecified atom stereocenters. The van der Waals surface area contributed by atoms with Crippen LogP contribution in [0.1, 0.15) is 46.2 Å². The smallest absolute Gasteiger partial charge is 0.410 e. The lowest BCUT2D eigenvalue weighted by atomic mass is 10.0. The number of ether oxygens (including phenoxy) is 1. The first kappa shape index (κ1) is 27.2. The Balaban J connectivity index is 1.34. The van der Waals surface area contributed by atoms with E-state index in [1.165, 1.54) is 0 Å². The van der Waals surface area contributed by atoms with Crippen molar-refractivity contribution in [2.24, 2.45) is 0 Å². The number of carbonyl (C=O) groups excluding carboxylic acids is 1. The highest BCUT2D eigenvalue weighted by Gasteiger charge is 2.28. The molecule has 4 aromatic rings. The number of nitrogens with zero attached hydrogens (tertiary/aromatic N) is 6. The maximum Gasteiger partial charge on any atom is 0.410 e. The van der Waals surface area contributed by atoms with Gasteiger partial charge in [-0.25, -0.2) is 9.78 Å². The summed E-state index contributed by atoms with van der Waals surface area (Å²) in [4.78, 5) is 30.8. The summed E-state index contributed by atoms with van der Waals surface area (Å²) in [6, 6.07) is 15.6. The first-order valence-electron chi connectivity index (χ1n) is 13.7. The van der Waals surface area contributed by atoms with Crippen molar-refractivity contribution in [2.45, 2.75) is 52.8 Å². The molecular weight excluding hydrogens is 506 g/mol. The SMILES string of the molecule is CC(C)n1cnc2c(NCc3ccc(-c4ccccc4O)cc3)nc(N3CCN(C(=O)OC(C)(C)C)CC3)nc21. The Morgan fingerprint density at radius 2 is 1.73 bits per heavy atom. The van der Waals surface area contributed by atoms with Crippen LogP contribution in [0.15, 0.2) is 54.9 Å². The lowest BCUT2D eigenvalue weighted by Gasteiger charge is -2.35. The summed E-state index contributed by atoms with van der Waals surface area (Å²) in [7, 11) is 0.